The number of nitrogens with zero attached hydrogens (tertiary/aromatic N) is 4. The number of hydrogen-bond acceptors (Lipinski definition) is 5. The molecule has 110 valence electrons. The Balaban J connectivity index is 1.66. The van der Waals surface area contributed by atoms with Crippen LogP contribution in [0.3, 0.4) is 0 Å². The summed E-state index contributed by atoms with van der Waals surface area (Å²) in [7, 11) is 0. The fraction of sp³-hybridized carbons (Fsp3) is 0.467. The highest BCUT2D eigenvalue weighted by Gasteiger charge is 2.17. The van der Waals surface area contributed by atoms with Crippen molar-refractivity contribution in [1.29, 1.82) is 5.26 Å². The maximum atomic E-state index is 8.65. The number of piperazine rings is 1. The normalized spacial score (nSPS) is 17.1. The molecule has 0 aliphatic carbocycles. The summed E-state index contributed by atoms with van der Waals surface area (Å²) >= 11 is 7.19. The molecule has 0 unspecified atom stereocenters. The third-order valence-electron chi connectivity index (χ3n) is 3.92. The number of aromatic nitrogens is 1. The van der Waals surface area contributed by atoms with Crippen LogP contribution in [0.5, 0.6) is 0 Å². The van der Waals surface area contributed by atoms with Crippen molar-refractivity contribution in [3.05, 3.63) is 28.2 Å². The van der Waals surface area contributed by atoms with E-state index in [1.165, 1.54) is 10.2 Å². The molecule has 0 amide bonds. The van der Waals surface area contributed by atoms with E-state index in [1.54, 1.807) is 11.3 Å². The lowest BCUT2D eigenvalue weighted by Crippen LogP contribution is -2.46. The van der Waals surface area contributed by atoms with E-state index in [1.807, 2.05) is 0 Å². The molecule has 1 aliphatic rings. The minimum absolute atomic E-state index is 0.625. The number of hydrogen-bond donors (Lipinski definition) is 0. The number of benzene rings is 1. The van der Waals surface area contributed by atoms with Gasteiger partial charge in [0.05, 0.1) is 23.0 Å². The maximum Gasteiger partial charge on any atom is 0.163 e. The average molecular weight is 318 g/mol. The molecule has 1 aromatic carbocycles. The second-order valence-electron chi connectivity index (χ2n) is 5.27. The fourth-order valence-electron chi connectivity index (χ4n) is 2.71. The van der Waals surface area contributed by atoms with Gasteiger partial charge in [0.15, 0.2) is 3.95 Å². The van der Waals surface area contributed by atoms with Crippen LogP contribution in [-0.2, 0) is 6.67 Å². The van der Waals surface area contributed by atoms with Crippen molar-refractivity contribution < 1.29 is 0 Å². The van der Waals surface area contributed by atoms with Gasteiger partial charge in [-0.2, -0.15) is 5.26 Å². The summed E-state index contributed by atoms with van der Waals surface area (Å²) in [5.74, 6) is 0. The van der Waals surface area contributed by atoms with Crippen molar-refractivity contribution in [2.45, 2.75) is 13.1 Å². The first kappa shape index (κ1) is 14.7. The van der Waals surface area contributed by atoms with Crippen LogP contribution < -0.4 is 0 Å². The van der Waals surface area contributed by atoms with Gasteiger partial charge in [-0.05, 0) is 24.4 Å². The van der Waals surface area contributed by atoms with Gasteiger partial charge in [0, 0.05) is 39.1 Å². The van der Waals surface area contributed by atoms with Crippen molar-refractivity contribution in [1.82, 2.24) is 14.4 Å². The standard InChI is InChI=1S/C15H18N4S2/c16-6-3-7-17-8-10-18(11-9-17)12-19-13-4-1-2-5-14(13)21-15(19)20/h1-2,4-5H,3,7-12H2. The first-order valence-corrected chi connectivity index (χ1v) is 8.40. The Morgan fingerprint density at radius 1 is 1.14 bits per heavy atom. The van der Waals surface area contributed by atoms with Crippen LogP contribution >= 0.6 is 23.6 Å². The average Bonchev–Trinajstić information content (AvgIpc) is 2.83. The van der Waals surface area contributed by atoms with Crippen LogP contribution in [0, 0.1) is 15.3 Å². The first-order chi connectivity index (χ1) is 10.3. The van der Waals surface area contributed by atoms with E-state index in [4.69, 9.17) is 17.5 Å². The van der Waals surface area contributed by atoms with E-state index in [9.17, 15) is 0 Å². The minimum atomic E-state index is 0.625. The molecule has 21 heavy (non-hydrogen) atoms. The summed E-state index contributed by atoms with van der Waals surface area (Å²) < 4.78 is 4.44. The minimum Gasteiger partial charge on any atom is -0.309 e. The largest absolute Gasteiger partial charge is 0.309 e. The zero-order valence-electron chi connectivity index (χ0n) is 11.9. The molecule has 0 radical (unpaired) electrons. The molecule has 0 spiro atoms. The van der Waals surface area contributed by atoms with Crippen molar-refractivity contribution >= 4 is 33.8 Å². The Kier molecular flexibility index (Phi) is 4.66. The van der Waals surface area contributed by atoms with Crippen LogP contribution in [0.25, 0.3) is 10.2 Å². The van der Waals surface area contributed by atoms with Gasteiger partial charge in [0.2, 0.25) is 0 Å². The quantitative estimate of drug-likeness (QED) is 0.812. The molecule has 2 aromatic rings. The molecule has 2 heterocycles. The highest BCUT2D eigenvalue weighted by molar-refractivity contribution is 7.73. The molecule has 3 rings (SSSR count). The Morgan fingerprint density at radius 3 is 2.62 bits per heavy atom. The molecule has 1 saturated heterocycles. The SMILES string of the molecule is N#CCCN1CCN(Cn2c(=S)sc3ccccc32)CC1. The van der Waals surface area contributed by atoms with Gasteiger partial charge in [-0.1, -0.05) is 12.1 Å². The molecule has 6 heteroatoms. The van der Waals surface area contributed by atoms with Gasteiger partial charge in [-0.25, -0.2) is 0 Å². The monoisotopic (exact) mass is 318 g/mol. The number of thiazole rings is 1. The lowest BCUT2D eigenvalue weighted by Gasteiger charge is -2.34. The summed E-state index contributed by atoms with van der Waals surface area (Å²) in [4.78, 5) is 4.81. The van der Waals surface area contributed by atoms with Gasteiger partial charge < -0.3 is 4.57 Å². The van der Waals surface area contributed by atoms with E-state index in [-0.39, 0.29) is 0 Å². The highest BCUT2D eigenvalue weighted by atomic mass is 32.1. The zero-order valence-corrected chi connectivity index (χ0v) is 13.5. The Labute approximate surface area is 133 Å². The lowest BCUT2D eigenvalue weighted by atomic mass is 10.3. The second-order valence-corrected chi connectivity index (χ2v) is 6.95. The summed E-state index contributed by atoms with van der Waals surface area (Å²) in [6, 6.07) is 10.6. The number of para-hydroxylation sites is 1. The Morgan fingerprint density at radius 2 is 1.86 bits per heavy atom. The van der Waals surface area contributed by atoms with Crippen molar-refractivity contribution in [3.63, 3.8) is 0 Å². The van der Waals surface area contributed by atoms with Crippen LogP contribution in [0.15, 0.2) is 24.3 Å². The third kappa shape index (κ3) is 3.33. The molecule has 0 atom stereocenters. The molecule has 1 aliphatic heterocycles. The topological polar surface area (TPSA) is 35.2 Å². The molecular weight excluding hydrogens is 300 g/mol. The van der Waals surface area contributed by atoms with Crippen LogP contribution in [0.2, 0.25) is 0 Å². The molecule has 0 saturated carbocycles. The predicted octanol–water partition coefficient (Wildman–Crippen LogP) is 2.92. The summed E-state index contributed by atoms with van der Waals surface area (Å²) in [6.07, 6.45) is 0.625. The third-order valence-corrected chi connectivity index (χ3v) is 5.35. The van der Waals surface area contributed by atoms with Crippen molar-refractivity contribution in [3.8, 4) is 6.07 Å². The summed E-state index contributed by atoms with van der Waals surface area (Å²) in [5.41, 5.74) is 1.24. The Hall–Kier alpha value is -1.26. The number of nitriles is 1. The first-order valence-electron chi connectivity index (χ1n) is 7.18. The van der Waals surface area contributed by atoms with E-state index in [0.29, 0.717) is 6.42 Å². The molecule has 0 bridgehead atoms. The lowest BCUT2D eigenvalue weighted by molar-refractivity contribution is 0.110. The van der Waals surface area contributed by atoms with E-state index in [2.05, 4.69) is 44.7 Å². The zero-order chi connectivity index (χ0) is 14.7. The van der Waals surface area contributed by atoms with Gasteiger partial charge in [-0.15, -0.1) is 11.3 Å². The highest BCUT2D eigenvalue weighted by Crippen LogP contribution is 2.23. The summed E-state index contributed by atoms with van der Waals surface area (Å²) in [5, 5.41) is 8.65. The molecule has 0 N–H and O–H groups in total. The van der Waals surface area contributed by atoms with Crippen LogP contribution in [0.1, 0.15) is 6.42 Å². The fourth-order valence-corrected chi connectivity index (χ4v) is 4.02. The van der Waals surface area contributed by atoms with E-state index < -0.39 is 0 Å². The molecular formula is C15H18N4S2. The molecule has 1 aromatic heterocycles. The molecule has 4 nitrogen and oxygen atoms in total. The maximum absolute atomic E-state index is 8.65. The van der Waals surface area contributed by atoms with E-state index >= 15 is 0 Å². The van der Waals surface area contributed by atoms with Crippen LogP contribution in [0.4, 0.5) is 0 Å². The van der Waals surface area contributed by atoms with Gasteiger partial charge in [-0.3, -0.25) is 9.80 Å². The smallest absolute Gasteiger partial charge is 0.163 e. The Bertz CT molecular complexity index is 704. The molecule has 1 fully saturated rings. The van der Waals surface area contributed by atoms with Gasteiger partial charge in [0.25, 0.3) is 0 Å². The van der Waals surface area contributed by atoms with Crippen molar-refractivity contribution in [2.24, 2.45) is 0 Å². The van der Waals surface area contributed by atoms with Gasteiger partial charge >= 0.3 is 0 Å². The number of fused-ring (bicyclic) bond motifs is 1. The van der Waals surface area contributed by atoms with Gasteiger partial charge in [0.1, 0.15) is 0 Å². The van der Waals surface area contributed by atoms with Crippen molar-refractivity contribution in [2.75, 3.05) is 32.7 Å². The van der Waals surface area contributed by atoms with E-state index in [0.717, 1.165) is 43.3 Å². The summed E-state index contributed by atoms with van der Waals surface area (Å²) in [6.45, 7) is 5.92. The second kappa shape index (κ2) is 6.67. The number of rotatable bonds is 4. The van der Waals surface area contributed by atoms with Crippen LogP contribution in [-0.4, -0.2) is 47.1 Å². The predicted molar refractivity (Wildman–Crippen MR) is 88.9 cm³/mol.